The first-order valence-electron chi connectivity index (χ1n) is 10.6. The van der Waals surface area contributed by atoms with Crippen LogP contribution in [0.1, 0.15) is 73.5 Å². The van der Waals surface area contributed by atoms with Crippen molar-refractivity contribution in [1.29, 1.82) is 5.26 Å². The number of amides is 1. The second-order valence-electron chi connectivity index (χ2n) is 7.94. The van der Waals surface area contributed by atoms with Crippen LogP contribution in [0.2, 0.25) is 0 Å². The van der Waals surface area contributed by atoms with Gasteiger partial charge in [-0.2, -0.15) is 5.26 Å². The Labute approximate surface area is 168 Å². The number of aromatic nitrogens is 1. The molecule has 4 heteroatoms. The minimum atomic E-state index is 0.0169. The largest absolute Gasteiger partial charge is 0.352 e. The number of hydrogen-bond donors (Lipinski definition) is 1. The summed E-state index contributed by atoms with van der Waals surface area (Å²) in [5.74, 6) is 0.691. The van der Waals surface area contributed by atoms with Gasteiger partial charge in [-0.05, 0) is 55.9 Å². The van der Waals surface area contributed by atoms with Crippen molar-refractivity contribution in [2.45, 2.75) is 65.3 Å². The highest BCUT2D eigenvalue weighted by molar-refractivity contribution is 5.97. The maximum absolute atomic E-state index is 12.8. The lowest BCUT2D eigenvalue weighted by Gasteiger charge is -2.24. The lowest BCUT2D eigenvalue weighted by molar-refractivity contribution is 0.0952. The molecule has 1 aromatic carbocycles. The van der Waals surface area contributed by atoms with Crippen LogP contribution >= 0.6 is 0 Å². The SMILES string of the molecule is CCCCNC(=O)c1cc(-c2ccc(C#N)cc2)n(CC2CCCCC2)c1C. The first-order valence-corrected chi connectivity index (χ1v) is 10.6. The molecule has 1 amide bonds. The summed E-state index contributed by atoms with van der Waals surface area (Å²) < 4.78 is 2.33. The molecule has 1 heterocycles. The van der Waals surface area contributed by atoms with E-state index in [2.05, 4.69) is 29.8 Å². The highest BCUT2D eigenvalue weighted by atomic mass is 16.1. The van der Waals surface area contributed by atoms with Gasteiger partial charge >= 0.3 is 0 Å². The third-order valence-corrected chi connectivity index (χ3v) is 5.90. The van der Waals surface area contributed by atoms with Crippen LogP contribution in [0.4, 0.5) is 0 Å². The van der Waals surface area contributed by atoms with Crippen molar-refractivity contribution in [2.75, 3.05) is 6.54 Å². The Balaban J connectivity index is 1.93. The Morgan fingerprint density at radius 3 is 2.57 bits per heavy atom. The van der Waals surface area contributed by atoms with Crippen molar-refractivity contribution < 1.29 is 4.79 Å². The van der Waals surface area contributed by atoms with E-state index in [-0.39, 0.29) is 5.91 Å². The number of rotatable bonds is 7. The Kier molecular flexibility index (Phi) is 6.92. The van der Waals surface area contributed by atoms with E-state index < -0.39 is 0 Å². The van der Waals surface area contributed by atoms with E-state index in [1.165, 1.54) is 32.1 Å². The van der Waals surface area contributed by atoms with Crippen LogP contribution in [-0.2, 0) is 6.54 Å². The summed E-state index contributed by atoms with van der Waals surface area (Å²) in [6.07, 6.45) is 8.55. The third kappa shape index (κ3) is 4.65. The van der Waals surface area contributed by atoms with E-state index in [1.54, 1.807) is 0 Å². The average Bonchev–Trinajstić information content (AvgIpc) is 3.05. The first kappa shape index (κ1) is 20.2. The van der Waals surface area contributed by atoms with Gasteiger partial charge in [-0.15, -0.1) is 0 Å². The summed E-state index contributed by atoms with van der Waals surface area (Å²) in [6.45, 7) is 5.87. The van der Waals surface area contributed by atoms with Gasteiger partial charge in [0.2, 0.25) is 0 Å². The molecule has 0 aliphatic heterocycles. The minimum Gasteiger partial charge on any atom is -0.352 e. The lowest BCUT2D eigenvalue weighted by Crippen LogP contribution is -2.25. The molecular weight excluding hydrogens is 346 g/mol. The smallest absolute Gasteiger partial charge is 0.253 e. The van der Waals surface area contributed by atoms with Gasteiger partial charge in [0.15, 0.2) is 0 Å². The highest BCUT2D eigenvalue weighted by Crippen LogP contribution is 2.31. The summed E-state index contributed by atoms with van der Waals surface area (Å²) in [6, 6.07) is 11.9. The highest BCUT2D eigenvalue weighted by Gasteiger charge is 2.22. The predicted octanol–water partition coefficient (Wildman–Crippen LogP) is 5.45. The molecule has 1 saturated carbocycles. The number of hydrogen-bond acceptors (Lipinski definition) is 2. The predicted molar refractivity (Wildman–Crippen MR) is 113 cm³/mol. The maximum atomic E-state index is 12.8. The molecule has 0 radical (unpaired) electrons. The molecule has 1 aromatic heterocycles. The fourth-order valence-electron chi connectivity index (χ4n) is 4.17. The van der Waals surface area contributed by atoms with E-state index in [0.717, 1.165) is 48.4 Å². The molecule has 1 N–H and O–H groups in total. The van der Waals surface area contributed by atoms with Gasteiger partial charge in [-0.25, -0.2) is 0 Å². The van der Waals surface area contributed by atoms with E-state index >= 15 is 0 Å². The molecule has 0 spiro atoms. The molecule has 2 aromatic rings. The second-order valence-corrected chi connectivity index (χ2v) is 7.94. The first-order chi connectivity index (χ1) is 13.6. The van der Waals surface area contributed by atoms with Gasteiger partial charge in [0.25, 0.3) is 5.91 Å². The molecule has 0 saturated heterocycles. The van der Waals surface area contributed by atoms with Crippen LogP contribution < -0.4 is 5.32 Å². The quantitative estimate of drug-likeness (QED) is 0.653. The van der Waals surface area contributed by atoms with Crippen molar-refractivity contribution in [3.05, 3.63) is 47.2 Å². The number of nitrogens with zero attached hydrogens (tertiary/aromatic N) is 2. The number of nitriles is 1. The molecule has 148 valence electrons. The summed E-state index contributed by atoms with van der Waals surface area (Å²) in [5.41, 5.74) is 4.60. The normalized spacial score (nSPS) is 14.6. The summed E-state index contributed by atoms with van der Waals surface area (Å²) in [5, 5.41) is 12.1. The minimum absolute atomic E-state index is 0.0169. The van der Waals surface area contributed by atoms with Crippen LogP contribution in [0, 0.1) is 24.2 Å². The topological polar surface area (TPSA) is 57.8 Å². The van der Waals surface area contributed by atoms with Crippen LogP contribution in [0.3, 0.4) is 0 Å². The van der Waals surface area contributed by atoms with Gasteiger partial charge in [-0.1, -0.05) is 44.7 Å². The summed E-state index contributed by atoms with van der Waals surface area (Å²) >= 11 is 0. The van der Waals surface area contributed by atoms with Gasteiger partial charge in [0, 0.05) is 24.5 Å². The number of unbranched alkanes of at least 4 members (excludes halogenated alkanes) is 1. The van der Waals surface area contributed by atoms with Crippen molar-refractivity contribution in [3.8, 4) is 17.3 Å². The van der Waals surface area contributed by atoms with Crippen molar-refractivity contribution >= 4 is 5.91 Å². The van der Waals surface area contributed by atoms with E-state index in [4.69, 9.17) is 5.26 Å². The van der Waals surface area contributed by atoms with E-state index in [1.807, 2.05) is 30.3 Å². The van der Waals surface area contributed by atoms with Crippen LogP contribution in [0.15, 0.2) is 30.3 Å². The van der Waals surface area contributed by atoms with Crippen molar-refractivity contribution in [3.63, 3.8) is 0 Å². The molecular formula is C24H31N3O. The standard InChI is InChI=1S/C24H31N3O/c1-3-4-14-26-24(28)22-15-23(21-12-10-19(16-25)11-13-21)27(18(22)2)17-20-8-6-5-7-9-20/h10-13,15,20H,3-9,14,17H2,1-2H3,(H,26,28). The van der Waals surface area contributed by atoms with Gasteiger partial charge in [0.1, 0.15) is 0 Å². The Hall–Kier alpha value is -2.54. The number of carbonyl (C=O) groups excluding carboxylic acids is 1. The van der Waals surface area contributed by atoms with Crippen molar-refractivity contribution in [2.24, 2.45) is 5.92 Å². The Morgan fingerprint density at radius 1 is 1.21 bits per heavy atom. The van der Waals surface area contributed by atoms with Crippen LogP contribution in [-0.4, -0.2) is 17.0 Å². The van der Waals surface area contributed by atoms with Gasteiger partial charge < -0.3 is 9.88 Å². The van der Waals surface area contributed by atoms with Gasteiger partial charge in [-0.3, -0.25) is 4.79 Å². The number of carbonyl (C=O) groups is 1. The maximum Gasteiger partial charge on any atom is 0.253 e. The van der Waals surface area contributed by atoms with Gasteiger partial charge in [0.05, 0.1) is 17.2 Å². The molecule has 0 unspecified atom stereocenters. The summed E-state index contributed by atoms with van der Waals surface area (Å²) in [7, 11) is 0. The fraction of sp³-hybridized carbons (Fsp3) is 0.500. The molecule has 0 bridgehead atoms. The zero-order valence-electron chi connectivity index (χ0n) is 17.1. The Morgan fingerprint density at radius 2 is 1.93 bits per heavy atom. The number of nitrogens with one attached hydrogen (secondary N) is 1. The second kappa shape index (κ2) is 9.59. The molecule has 4 nitrogen and oxygen atoms in total. The molecule has 3 rings (SSSR count). The number of benzene rings is 1. The fourth-order valence-corrected chi connectivity index (χ4v) is 4.17. The lowest BCUT2D eigenvalue weighted by atomic mass is 9.89. The summed E-state index contributed by atoms with van der Waals surface area (Å²) in [4.78, 5) is 12.8. The molecule has 1 aliphatic rings. The zero-order valence-corrected chi connectivity index (χ0v) is 17.1. The Bertz CT molecular complexity index is 836. The molecule has 1 fully saturated rings. The molecule has 0 atom stereocenters. The van der Waals surface area contributed by atoms with Crippen LogP contribution in [0.5, 0.6) is 0 Å². The van der Waals surface area contributed by atoms with E-state index in [0.29, 0.717) is 11.5 Å². The monoisotopic (exact) mass is 377 g/mol. The van der Waals surface area contributed by atoms with Crippen molar-refractivity contribution in [1.82, 2.24) is 9.88 Å². The van der Waals surface area contributed by atoms with E-state index in [9.17, 15) is 4.79 Å². The van der Waals surface area contributed by atoms with Crippen LogP contribution in [0.25, 0.3) is 11.3 Å². The zero-order chi connectivity index (χ0) is 19.9. The third-order valence-electron chi connectivity index (χ3n) is 5.90. The average molecular weight is 378 g/mol. The molecule has 28 heavy (non-hydrogen) atoms. The molecule has 1 aliphatic carbocycles.